The summed E-state index contributed by atoms with van der Waals surface area (Å²) in [4.78, 5) is 2.69. The predicted octanol–water partition coefficient (Wildman–Crippen LogP) is 3.05. The number of hydrogen-bond donors (Lipinski definition) is 1. The molecule has 3 nitrogen and oxygen atoms in total. The Morgan fingerprint density at radius 2 is 2.05 bits per heavy atom. The minimum absolute atomic E-state index is 0.188. The quantitative estimate of drug-likeness (QED) is 0.921. The summed E-state index contributed by atoms with van der Waals surface area (Å²) in [6.45, 7) is 10.2. The molecule has 1 aromatic carbocycles. The van der Waals surface area contributed by atoms with Crippen molar-refractivity contribution in [1.29, 1.82) is 0 Å². The van der Waals surface area contributed by atoms with Gasteiger partial charge in [-0.2, -0.15) is 0 Å². The molecule has 1 atom stereocenters. The normalized spacial score (nSPS) is 29.3. The van der Waals surface area contributed by atoms with Gasteiger partial charge in [-0.1, -0.05) is 12.1 Å². The van der Waals surface area contributed by atoms with E-state index < -0.39 is 0 Å². The fourth-order valence-corrected chi connectivity index (χ4v) is 3.58. The molecular weight excluding hydrogens is 260 g/mol. The molecule has 116 valence electrons. The Labute approximate surface area is 128 Å². The first-order chi connectivity index (χ1) is 9.93. The van der Waals surface area contributed by atoms with Crippen LogP contribution in [0.4, 0.5) is 0 Å². The zero-order valence-corrected chi connectivity index (χ0v) is 13.8. The zero-order chi connectivity index (χ0) is 15.1. The van der Waals surface area contributed by atoms with Crippen LogP contribution in [0.15, 0.2) is 24.3 Å². The number of hydrogen-bond acceptors (Lipinski definition) is 3. The van der Waals surface area contributed by atoms with Crippen LogP contribution in [0.2, 0.25) is 0 Å². The molecule has 3 heteroatoms. The molecule has 2 aliphatic rings. The lowest BCUT2D eigenvalue weighted by molar-refractivity contribution is 0.00517. The van der Waals surface area contributed by atoms with Gasteiger partial charge in [-0.25, -0.2) is 0 Å². The van der Waals surface area contributed by atoms with Gasteiger partial charge in [0.15, 0.2) is 0 Å². The zero-order valence-electron chi connectivity index (χ0n) is 13.8. The topological polar surface area (TPSA) is 24.5 Å². The molecular formula is C18H28N2O. The van der Waals surface area contributed by atoms with E-state index in [1.165, 1.54) is 18.4 Å². The predicted molar refractivity (Wildman–Crippen MR) is 86.6 cm³/mol. The Hall–Kier alpha value is -1.06. The van der Waals surface area contributed by atoms with E-state index in [1.54, 1.807) is 7.11 Å². The summed E-state index contributed by atoms with van der Waals surface area (Å²) in [5, 5.41) is 3.74. The molecule has 1 aliphatic carbocycles. The Bertz CT molecular complexity index is 510. The van der Waals surface area contributed by atoms with Crippen molar-refractivity contribution in [3.8, 4) is 5.75 Å². The van der Waals surface area contributed by atoms with Crippen LogP contribution >= 0.6 is 0 Å². The molecule has 1 unspecified atom stereocenters. The molecule has 1 saturated carbocycles. The van der Waals surface area contributed by atoms with Crippen LogP contribution in [0.25, 0.3) is 0 Å². The second kappa shape index (κ2) is 5.29. The lowest BCUT2D eigenvalue weighted by Crippen LogP contribution is -2.67. The Morgan fingerprint density at radius 3 is 2.71 bits per heavy atom. The largest absolute Gasteiger partial charge is 0.497 e. The van der Waals surface area contributed by atoms with Gasteiger partial charge in [-0.3, -0.25) is 4.90 Å². The van der Waals surface area contributed by atoms with E-state index in [-0.39, 0.29) is 5.54 Å². The molecule has 0 amide bonds. The van der Waals surface area contributed by atoms with Crippen LogP contribution < -0.4 is 10.1 Å². The van der Waals surface area contributed by atoms with Crippen molar-refractivity contribution in [1.82, 2.24) is 10.2 Å². The molecule has 0 spiro atoms. The van der Waals surface area contributed by atoms with Crippen LogP contribution in [0, 0.1) is 5.92 Å². The van der Waals surface area contributed by atoms with Gasteiger partial charge < -0.3 is 10.1 Å². The highest BCUT2D eigenvalue weighted by Crippen LogP contribution is 2.45. The van der Waals surface area contributed by atoms with Crippen LogP contribution in [0.5, 0.6) is 5.75 Å². The van der Waals surface area contributed by atoms with E-state index in [1.807, 2.05) is 6.07 Å². The van der Waals surface area contributed by atoms with E-state index in [0.717, 1.165) is 31.3 Å². The van der Waals surface area contributed by atoms with E-state index >= 15 is 0 Å². The second-order valence-corrected chi connectivity index (χ2v) is 7.58. The molecule has 2 fully saturated rings. The number of nitrogens with one attached hydrogen (secondary N) is 1. The third kappa shape index (κ3) is 3.09. The van der Waals surface area contributed by atoms with Crippen molar-refractivity contribution < 1.29 is 4.74 Å². The van der Waals surface area contributed by atoms with Crippen LogP contribution in [0.3, 0.4) is 0 Å². The van der Waals surface area contributed by atoms with Gasteiger partial charge in [0.25, 0.3) is 0 Å². The van der Waals surface area contributed by atoms with Gasteiger partial charge in [-0.15, -0.1) is 0 Å². The van der Waals surface area contributed by atoms with Gasteiger partial charge in [0, 0.05) is 30.7 Å². The molecule has 0 radical (unpaired) electrons. The molecule has 1 aliphatic heterocycles. The average Bonchev–Trinajstić information content (AvgIpc) is 3.28. The number of methoxy groups -OCH3 is 1. The van der Waals surface area contributed by atoms with Crippen LogP contribution in [-0.4, -0.2) is 36.2 Å². The molecule has 1 N–H and O–H groups in total. The first-order valence-corrected chi connectivity index (χ1v) is 8.06. The third-order valence-corrected chi connectivity index (χ3v) is 5.20. The van der Waals surface area contributed by atoms with Crippen LogP contribution in [0.1, 0.15) is 39.2 Å². The van der Waals surface area contributed by atoms with Crippen molar-refractivity contribution >= 4 is 0 Å². The molecule has 0 aromatic heterocycles. The fourth-order valence-electron chi connectivity index (χ4n) is 3.58. The SMILES string of the molecule is COc1cccc(CN2CC(C)(C)NCC2(C)C2CC2)c1. The van der Waals surface area contributed by atoms with Gasteiger partial charge >= 0.3 is 0 Å². The Kier molecular flexibility index (Phi) is 3.74. The van der Waals surface area contributed by atoms with Crippen molar-refractivity contribution in [2.45, 2.75) is 51.2 Å². The first kappa shape index (κ1) is 14.9. The molecule has 1 saturated heterocycles. The summed E-state index contributed by atoms with van der Waals surface area (Å²) in [6.07, 6.45) is 2.76. The maximum Gasteiger partial charge on any atom is 0.119 e. The van der Waals surface area contributed by atoms with Gasteiger partial charge in [-0.05, 0) is 57.2 Å². The Morgan fingerprint density at radius 1 is 1.29 bits per heavy atom. The molecule has 0 bridgehead atoms. The van der Waals surface area contributed by atoms with Gasteiger partial charge in [0.05, 0.1) is 7.11 Å². The maximum atomic E-state index is 5.37. The highest BCUT2D eigenvalue weighted by molar-refractivity contribution is 5.28. The highest BCUT2D eigenvalue weighted by atomic mass is 16.5. The minimum atomic E-state index is 0.188. The van der Waals surface area contributed by atoms with E-state index in [2.05, 4.69) is 49.2 Å². The standard InChI is InChI=1S/C18H28N2O/c1-17(2)13-20(18(3,12-19-17)15-8-9-15)11-14-6-5-7-16(10-14)21-4/h5-7,10,15,19H,8-9,11-13H2,1-4H3. The molecule has 1 heterocycles. The number of piperazine rings is 1. The number of rotatable bonds is 4. The van der Waals surface area contributed by atoms with E-state index in [4.69, 9.17) is 4.74 Å². The summed E-state index contributed by atoms with van der Waals surface area (Å²) >= 11 is 0. The average molecular weight is 288 g/mol. The number of nitrogens with zero attached hydrogens (tertiary/aromatic N) is 1. The van der Waals surface area contributed by atoms with E-state index in [0.29, 0.717) is 5.54 Å². The summed E-state index contributed by atoms with van der Waals surface area (Å²) in [6, 6.07) is 8.49. The van der Waals surface area contributed by atoms with Gasteiger partial charge in [0.1, 0.15) is 5.75 Å². The summed E-state index contributed by atoms with van der Waals surface area (Å²) < 4.78 is 5.37. The van der Waals surface area contributed by atoms with Crippen molar-refractivity contribution in [3.05, 3.63) is 29.8 Å². The number of ether oxygens (including phenoxy) is 1. The van der Waals surface area contributed by atoms with Crippen molar-refractivity contribution in [3.63, 3.8) is 0 Å². The fraction of sp³-hybridized carbons (Fsp3) is 0.667. The Balaban J connectivity index is 1.81. The summed E-state index contributed by atoms with van der Waals surface area (Å²) in [5.74, 6) is 1.81. The maximum absolute atomic E-state index is 5.37. The highest BCUT2D eigenvalue weighted by Gasteiger charge is 2.49. The smallest absolute Gasteiger partial charge is 0.119 e. The van der Waals surface area contributed by atoms with Crippen molar-refractivity contribution in [2.24, 2.45) is 5.92 Å². The van der Waals surface area contributed by atoms with Gasteiger partial charge in [0.2, 0.25) is 0 Å². The van der Waals surface area contributed by atoms with Crippen LogP contribution in [-0.2, 0) is 6.54 Å². The lowest BCUT2D eigenvalue weighted by atomic mass is 9.85. The summed E-state index contributed by atoms with van der Waals surface area (Å²) in [7, 11) is 1.74. The molecule has 3 rings (SSSR count). The second-order valence-electron chi connectivity index (χ2n) is 7.58. The molecule has 21 heavy (non-hydrogen) atoms. The molecule has 1 aromatic rings. The van der Waals surface area contributed by atoms with Crippen molar-refractivity contribution in [2.75, 3.05) is 20.2 Å². The lowest BCUT2D eigenvalue weighted by Gasteiger charge is -2.52. The minimum Gasteiger partial charge on any atom is -0.497 e. The first-order valence-electron chi connectivity index (χ1n) is 8.06. The third-order valence-electron chi connectivity index (χ3n) is 5.20. The van der Waals surface area contributed by atoms with E-state index in [9.17, 15) is 0 Å². The monoisotopic (exact) mass is 288 g/mol. The summed E-state index contributed by atoms with van der Waals surface area (Å²) in [5.41, 5.74) is 1.82. The number of benzene rings is 1.